The Hall–Kier alpha value is 1.06. The predicted octanol–water partition coefficient (Wildman–Crippen LogP) is 0.816. The van der Waals surface area contributed by atoms with Gasteiger partial charge in [-0.25, -0.2) is 0 Å². The molecule has 0 aromatic heterocycles. The molecule has 0 aliphatic rings. The fourth-order valence-electron chi connectivity index (χ4n) is 0.204. The molecule has 2 heteroatoms. The molecule has 1 atom stereocenters. The molecule has 1 nitrogen and oxygen atoms in total. The van der Waals surface area contributed by atoms with E-state index in [1.54, 1.807) is 0 Å². The first-order chi connectivity index (χ1) is 2.81. The second kappa shape index (κ2) is 7.06. The Labute approximate surface area is 71.1 Å². The van der Waals surface area contributed by atoms with Crippen LogP contribution in [-0.2, 0) is 32.7 Å². The van der Waals surface area contributed by atoms with Gasteiger partial charge in [-0.1, -0.05) is 13.3 Å². The van der Waals surface area contributed by atoms with Crippen LogP contribution in [0.15, 0.2) is 0 Å². The van der Waals surface area contributed by atoms with Crippen LogP contribution in [0.25, 0.3) is 0 Å². The summed E-state index contributed by atoms with van der Waals surface area (Å²) in [5.74, 6) is 0. The standard InChI is InChI=1S/C5H12N.Y/c1-4-5(2)6-3;/h5-6H,2,4H2,1,3H3;/q-1;+3. The number of rotatable bonds is 2. The van der Waals surface area contributed by atoms with Crippen molar-refractivity contribution < 1.29 is 32.7 Å². The third kappa shape index (κ3) is 7.06. The molecule has 0 aromatic carbocycles. The average Bonchev–Trinajstić information content (AvgIpc) is 1.65. The fraction of sp³-hybridized carbons (Fsp3) is 0.800. The molecule has 7 heavy (non-hydrogen) atoms. The van der Waals surface area contributed by atoms with Crippen LogP contribution in [0.3, 0.4) is 0 Å². The Morgan fingerprint density at radius 2 is 2.14 bits per heavy atom. The SMILES string of the molecule is [CH2-]C(CC)NC.[Y+3]. The van der Waals surface area contributed by atoms with Crippen molar-refractivity contribution in [1.29, 1.82) is 0 Å². The summed E-state index contributed by atoms with van der Waals surface area (Å²) in [6.07, 6.45) is 1.11. The van der Waals surface area contributed by atoms with Crippen molar-refractivity contribution in [1.82, 2.24) is 5.32 Å². The summed E-state index contributed by atoms with van der Waals surface area (Å²) in [5, 5.41) is 3.00. The van der Waals surface area contributed by atoms with Gasteiger partial charge in [-0.15, -0.1) is 6.04 Å². The summed E-state index contributed by atoms with van der Waals surface area (Å²) in [6.45, 7) is 5.87. The van der Waals surface area contributed by atoms with E-state index in [4.69, 9.17) is 0 Å². The minimum absolute atomic E-state index is 0. The first-order valence-electron chi connectivity index (χ1n) is 2.31. The minimum Gasteiger partial charge on any atom is -0.346 e. The van der Waals surface area contributed by atoms with Crippen LogP contribution in [0.2, 0.25) is 0 Å². The maximum Gasteiger partial charge on any atom is 3.00 e. The van der Waals surface area contributed by atoms with Gasteiger partial charge in [-0.05, 0) is 7.05 Å². The maximum atomic E-state index is 3.76. The molecular formula is C5H12NY+2. The van der Waals surface area contributed by atoms with Crippen molar-refractivity contribution in [2.24, 2.45) is 0 Å². The Bertz CT molecular complexity index is 27.3. The molecule has 0 rings (SSSR count). The van der Waals surface area contributed by atoms with Gasteiger partial charge < -0.3 is 12.2 Å². The quantitative estimate of drug-likeness (QED) is 0.612. The van der Waals surface area contributed by atoms with Gasteiger partial charge in [0, 0.05) is 0 Å². The van der Waals surface area contributed by atoms with E-state index < -0.39 is 0 Å². The molecule has 38 valence electrons. The second-order valence-electron chi connectivity index (χ2n) is 1.39. The largest absolute Gasteiger partial charge is 3.00 e. The van der Waals surface area contributed by atoms with Crippen LogP contribution in [0.5, 0.6) is 0 Å². The Balaban J connectivity index is 0. The van der Waals surface area contributed by atoms with E-state index in [0.717, 1.165) is 6.42 Å². The van der Waals surface area contributed by atoms with E-state index in [2.05, 4.69) is 19.2 Å². The van der Waals surface area contributed by atoms with Crippen LogP contribution in [-0.4, -0.2) is 13.1 Å². The van der Waals surface area contributed by atoms with E-state index in [1.165, 1.54) is 0 Å². The van der Waals surface area contributed by atoms with Crippen LogP contribution in [0, 0.1) is 6.92 Å². The molecule has 0 saturated carbocycles. The summed E-state index contributed by atoms with van der Waals surface area (Å²) < 4.78 is 0. The average molecular weight is 175 g/mol. The normalized spacial score (nSPS) is 12.4. The van der Waals surface area contributed by atoms with Crippen LogP contribution in [0.4, 0.5) is 0 Å². The minimum atomic E-state index is 0. The van der Waals surface area contributed by atoms with Crippen LogP contribution in [0.1, 0.15) is 13.3 Å². The van der Waals surface area contributed by atoms with E-state index in [1.807, 2.05) is 7.05 Å². The summed E-state index contributed by atoms with van der Waals surface area (Å²) >= 11 is 0. The molecular weight excluding hydrogens is 163 g/mol. The maximum absolute atomic E-state index is 3.76. The second-order valence-corrected chi connectivity index (χ2v) is 1.39. The molecule has 1 N–H and O–H groups in total. The number of nitrogens with one attached hydrogen (secondary N) is 1. The topological polar surface area (TPSA) is 12.0 Å². The summed E-state index contributed by atoms with van der Waals surface area (Å²) in [6, 6.07) is 0.435. The van der Waals surface area contributed by atoms with Gasteiger partial charge in [0.1, 0.15) is 0 Å². The zero-order valence-electron chi connectivity index (χ0n) is 5.07. The molecule has 0 spiro atoms. The fourth-order valence-corrected chi connectivity index (χ4v) is 0.204. The van der Waals surface area contributed by atoms with Crippen molar-refractivity contribution in [2.75, 3.05) is 7.05 Å². The Kier molecular flexibility index (Phi) is 11.0. The van der Waals surface area contributed by atoms with Crippen molar-refractivity contribution in [3.05, 3.63) is 6.92 Å². The van der Waals surface area contributed by atoms with Gasteiger partial charge in [-0.3, -0.25) is 0 Å². The molecule has 0 amide bonds. The van der Waals surface area contributed by atoms with Crippen LogP contribution < -0.4 is 5.32 Å². The molecule has 0 fully saturated rings. The molecule has 0 bridgehead atoms. The van der Waals surface area contributed by atoms with Gasteiger partial charge in [0.05, 0.1) is 0 Å². The summed E-state index contributed by atoms with van der Waals surface area (Å²) in [5.41, 5.74) is 0. The van der Waals surface area contributed by atoms with Crippen molar-refractivity contribution in [3.63, 3.8) is 0 Å². The predicted molar refractivity (Wildman–Crippen MR) is 28.5 cm³/mol. The van der Waals surface area contributed by atoms with E-state index in [0.29, 0.717) is 6.04 Å². The van der Waals surface area contributed by atoms with Crippen molar-refractivity contribution in [3.8, 4) is 0 Å². The van der Waals surface area contributed by atoms with E-state index in [9.17, 15) is 0 Å². The van der Waals surface area contributed by atoms with Gasteiger partial charge >= 0.3 is 32.7 Å². The van der Waals surface area contributed by atoms with Gasteiger partial charge in [0.25, 0.3) is 0 Å². The van der Waals surface area contributed by atoms with Crippen LogP contribution >= 0.6 is 0 Å². The molecule has 0 aliphatic carbocycles. The van der Waals surface area contributed by atoms with E-state index in [-0.39, 0.29) is 32.7 Å². The molecule has 0 aromatic rings. The zero-order valence-corrected chi connectivity index (χ0v) is 7.91. The third-order valence-corrected chi connectivity index (χ3v) is 0.901. The molecule has 0 heterocycles. The molecule has 0 aliphatic heterocycles. The third-order valence-electron chi connectivity index (χ3n) is 0.901. The summed E-state index contributed by atoms with van der Waals surface area (Å²) in [4.78, 5) is 0. The first-order valence-corrected chi connectivity index (χ1v) is 2.31. The van der Waals surface area contributed by atoms with Crippen molar-refractivity contribution in [2.45, 2.75) is 19.4 Å². The smallest absolute Gasteiger partial charge is 0.346 e. The Morgan fingerprint density at radius 3 is 2.14 bits per heavy atom. The monoisotopic (exact) mass is 175 g/mol. The van der Waals surface area contributed by atoms with Crippen molar-refractivity contribution >= 4 is 0 Å². The van der Waals surface area contributed by atoms with Gasteiger partial charge in [-0.2, -0.15) is 0 Å². The van der Waals surface area contributed by atoms with Gasteiger partial charge in [0.15, 0.2) is 0 Å². The number of hydrogen-bond acceptors (Lipinski definition) is 1. The molecule has 1 unspecified atom stereocenters. The summed E-state index contributed by atoms with van der Waals surface area (Å²) in [7, 11) is 1.92. The molecule has 0 radical (unpaired) electrons. The first kappa shape index (κ1) is 10.9. The molecule has 0 saturated heterocycles. The number of hydrogen-bond donors (Lipinski definition) is 1. The Morgan fingerprint density at radius 1 is 1.71 bits per heavy atom. The van der Waals surface area contributed by atoms with E-state index >= 15 is 0 Å². The van der Waals surface area contributed by atoms with Gasteiger partial charge in [0.2, 0.25) is 0 Å². The zero-order chi connectivity index (χ0) is 4.99.